The Morgan fingerprint density at radius 2 is 1.93 bits per heavy atom. The van der Waals surface area contributed by atoms with Gasteiger partial charge < -0.3 is 10.1 Å². The molecule has 0 aliphatic carbocycles. The first-order valence-corrected chi connectivity index (χ1v) is 8.38. The van der Waals surface area contributed by atoms with Crippen LogP contribution in [-0.4, -0.2) is 21.7 Å². The summed E-state index contributed by atoms with van der Waals surface area (Å²) in [4.78, 5) is 23.8. The standard InChI is InChI=1S/C18H20F3N3O3/c1-4-5-10-24-16(11(2)15(23-24)18(19,20)21)22-17(26)13-8-6-7-9-14(13)27-12(3)25/h6-9H,4-5,10H2,1-3H3,(H,22,26). The highest BCUT2D eigenvalue weighted by Crippen LogP contribution is 2.34. The maximum absolute atomic E-state index is 13.2. The molecule has 0 aliphatic heterocycles. The fraction of sp³-hybridized carbons (Fsp3) is 0.389. The van der Waals surface area contributed by atoms with E-state index < -0.39 is 23.7 Å². The van der Waals surface area contributed by atoms with E-state index in [2.05, 4.69) is 10.4 Å². The van der Waals surface area contributed by atoms with Gasteiger partial charge in [-0.1, -0.05) is 25.5 Å². The van der Waals surface area contributed by atoms with Gasteiger partial charge in [0.2, 0.25) is 0 Å². The Hall–Kier alpha value is -2.84. The van der Waals surface area contributed by atoms with Crippen molar-refractivity contribution in [1.29, 1.82) is 0 Å². The minimum atomic E-state index is -4.63. The Bertz CT molecular complexity index is 844. The smallest absolute Gasteiger partial charge is 0.426 e. The van der Waals surface area contributed by atoms with Crippen molar-refractivity contribution >= 4 is 17.7 Å². The monoisotopic (exact) mass is 383 g/mol. The summed E-state index contributed by atoms with van der Waals surface area (Å²) >= 11 is 0. The summed E-state index contributed by atoms with van der Waals surface area (Å²) in [6, 6.07) is 5.98. The summed E-state index contributed by atoms with van der Waals surface area (Å²) in [7, 11) is 0. The fourth-order valence-corrected chi connectivity index (χ4v) is 2.52. The van der Waals surface area contributed by atoms with Crippen molar-refractivity contribution in [2.24, 2.45) is 0 Å². The van der Waals surface area contributed by atoms with Crippen LogP contribution in [0.4, 0.5) is 19.0 Å². The zero-order valence-electron chi connectivity index (χ0n) is 15.2. The molecule has 0 aliphatic rings. The third-order valence-corrected chi connectivity index (χ3v) is 3.80. The summed E-state index contributed by atoms with van der Waals surface area (Å²) in [5, 5.41) is 6.11. The molecule has 0 spiro atoms. The number of hydrogen-bond acceptors (Lipinski definition) is 4. The zero-order valence-corrected chi connectivity index (χ0v) is 15.2. The number of halogens is 3. The van der Waals surface area contributed by atoms with Crippen molar-refractivity contribution in [2.45, 2.75) is 46.3 Å². The van der Waals surface area contributed by atoms with Gasteiger partial charge in [-0.15, -0.1) is 0 Å². The van der Waals surface area contributed by atoms with Crippen molar-refractivity contribution in [1.82, 2.24) is 9.78 Å². The number of carbonyl (C=O) groups is 2. The van der Waals surface area contributed by atoms with Gasteiger partial charge in [-0.3, -0.25) is 9.59 Å². The Morgan fingerprint density at radius 1 is 1.26 bits per heavy atom. The molecule has 1 aromatic carbocycles. The molecule has 2 rings (SSSR count). The summed E-state index contributed by atoms with van der Waals surface area (Å²) in [5.74, 6) is -1.31. The lowest BCUT2D eigenvalue weighted by Gasteiger charge is -2.12. The third kappa shape index (κ3) is 4.87. The number of anilines is 1. The summed E-state index contributed by atoms with van der Waals surface area (Å²) < 4.78 is 45.7. The zero-order chi connectivity index (χ0) is 20.2. The lowest BCUT2D eigenvalue weighted by molar-refractivity contribution is -0.142. The van der Waals surface area contributed by atoms with E-state index in [1.54, 1.807) is 12.1 Å². The lowest BCUT2D eigenvalue weighted by atomic mass is 10.1. The van der Waals surface area contributed by atoms with Gasteiger partial charge >= 0.3 is 12.1 Å². The van der Waals surface area contributed by atoms with Crippen molar-refractivity contribution in [3.63, 3.8) is 0 Å². The van der Waals surface area contributed by atoms with Gasteiger partial charge in [-0.05, 0) is 25.5 Å². The lowest BCUT2D eigenvalue weighted by Crippen LogP contribution is -2.18. The number of unbranched alkanes of at least 4 members (excludes halogenated alkanes) is 1. The van der Waals surface area contributed by atoms with E-state index >= 15 is 0 Å². The number of nitrogens with one attached hydrogen (secondary N) is 1. The number of nitrogens with zero attached hydrogens (tertiary/aromatic N) is 2. The van der Waals surface area contributed by atoms with Gasteiger partial charge in [-0.25, -0.2) is 4.68 Å². The topological polar surface area (TPSA) is 73.2 Å². The van der Waals surface area contributed by atoms with Gasteiger partial charge in [0.1, 0.15) is 11.6 Å². The molecule has 0 saturated heterocycles. The third-order valence-electron chi connectivity index (χ3n) is 3.80. The Kier molecular flexibility index (Phi) is 6.24. The van der Waals surface area contributed by atoms with Crippen LogP contribution in [0.5, 0.6) is 5.75 Å². The number of esters is 1. The Morgan fingerprint density at radius 3 is 2.52 bits per heavy atom. The average molecular weight is 383 g/mol. The maximum Gasteiger partial charge on any atom is 0.435 e. The summed E-state index contributed by atoms with van der Waals surface area (Å²) in [6.45, 7) is 4.57. The van der Waals surface area contributed by atoms with E-state index in [0.717, 1.165) is 11.1 Å². The molecule has 1 N–H and O–H groups in total. The van der Waals surface area contributed by atoms with Crippen LogP contribution < -0.4 is 10.1 Å². The molecule has 9 heteroatoms. The van der Waals surface area contributed by atoms with E-state index in [1.807, 2.05) is 6.92 Å². The number of amides is 1. The first-order chi connectivity index (χ1) is 12.6. The number of ether oxygens (including phenoxy) is 1. The number of rotatable bonds is 6. The van der Waals surface area contributed by atoms with Gasteiger partial charge in [-0.2, -0.15) is 18.3 Å². The molecule has 27 heavy (non-hydrogen) atoms. The molecule has 1 amide bonds. The molecule has 1 aromatic heterocycles. The largest absolute Gasteiger partial charge is 0.435 e. The highest BCUT2D eigenvalue weighted by Gasteiger charge is 2.38. The first kappa shape index (κ1) is 20.5. The second kappa shape index (κ2) is 8.24. The van der Waals surface area contributed by atoms with E-state index in [9.17, 15) is 22.8 Å². The second-order valence-electron chi connectivity index (χ2n) is 5.94. The Labute approximate surface area is 154 Å². The molecule has 0 saturated carbocycles. The molecule has 0 unspecified atom stereocenters. The average Bonchev–Trinajstić information content (AvgIpc) is 2.89. The van der Waals surface area contributed by atoms with Crippen molar-refractivity contribution in [3.8, 4) is 5.75 Å². The van der Waals surface area contributed by atoms with Gasteiger partial charge in [0.15, 0.2) is 5.69 Å². The minimum Gasteiger partial charge on any atom is -0.426 e. The van der Waals surface area contributed by atoms with Crippen LogP contribution in [0.2, 0.25) is 0 Å². The number of alkyl halides is 3. The Balaban J connectivity index is 2.40. The highest BCUT2D eigenvalue weighted by molar-refractivity contribution is 6.06. The molecule has 146 valence electrons. The highest BCUT2D eigenvalue weighted by atomic mass is 19.4. The molecular formula is C18H20F3N3O3. The van der Waals surface area contributed by atoms with Crippen LogP contribution in [0.15, 0.2) is 24.3 Å². The van der Waals surface area contributed by atoms with Crippen LogP contribution >= 0.6 is 0 Å². The van der Waals surface area contributed by atoms with Crippen LogP contribution in [0.1, 0.15) is 48.3 Å². The molecular weight excluding hydrogens is 363 g/mol. The van der Waals surface area contributed by atoms with Crippen LogP contribution in [-0.2, 0) is 17.5 Å². The number of carbonyl (C=O) groups excluding carboxylic acids is 2. The van der Waals surface area contributed by atoms with Gasteiger partial charge in [0.25, 0.3) is 5.91 Å². The number of aryl methyl sites for hydroxylation is 1. The summed E-state index contributed by atoms with van der Waals surface area (Å²) in [6.07, 6.45) is -3.27. The summed E-state index contributed by atoms with van der Waals surface area (Å²) in [5.41, 5.74) is -1.18. The predicted octanol–water partition coefficient (Wildman–Crippen LogP) is 4.19. The fourth-order valence-electron chi connectivity index (χ4n) is 2.52. The molecule has 6 nitrogen and oxygen atoms in total. The van der Waals surface area contributed by atoms with Crippen molar-refractivity contribution in [2.75, 3.05) is 5.32 Å². The van der Waals surface area contributed by atoms with Gasteiger partial charge in [0, 0.05) is 19.0 Å². The maximum atomic E-state index is 13.2. The number of para-hydroxylation sites is 1. The van der Waals surface area contributed by atoms with Crippen molar-refractivity contribution < 1.29 is 27.5 Å². The van der Waals surface area contributed by atoms with E-state index in [4.69, 9.17) is 4.74 Å². The minimum absolute atomic E-state index is 0.0239. The molecule has 2 aromatic rings. The van der Waals surface area contributed by atoms with E-state index in [0.29, 0.717) is 6.42 Å². The molecule has 1 heterocycles. The molecule has 0 atom stereocenters. The van der Waals surface area contributed by atoms with E-state index in [1.165, 1.54) is 26.0 Å². The first-order valence-electron chi connectivity index (χ1n) is 8.38. The predicted molar refractivity (Wildman–Crippen MR) is 92.6 cm³/mol. The normalized spacial score (nSPS) is 11.3. The van der Waals surface area contributed by atoms with Gasteiger partial charge in [0.05, 0.1) is 5.56 Å². The number of aromatic nitrogens is 2. The van der Waals surface area contributed by atoms with E-state index in [-0.39, 0.29) is 29.2 Å². The van der Waals surface area contributed by atoms with Crippen LogP contribution in [0.3, 0.4) is 0 Å². The SMILES string of the molecule is CCCCn1nc(C(F)(F)F)c(C)c1NC(=O)c1ccccc1OC(C)=O. The molecule has 0 radical (unpaired) electrons. The van der Waals surface area contributed by atoms with Crippen molar-refractivity contribution in [3.05, 3.63) is 41.1 Å². The molecule has 0 bridgehead atoms. The van der Waals surface area contributed by atoms with Crippen LogP contribution in [0.25, 0.3) is 0 Å². The number of hydrogen-bond donors (Lipinski definition) is 1. The second-order valence-corrected chi connectivity index (χ2v) is 5.94. The molecule has 0 fully saturated rings. The van der Waals surface area contributed by atoms with Crippen LogP contribution in [0, 0.1) is 6.92 Å². The number of benzene rings is 1. The quantitative estimate of drug-likeness (QED) is 0.600.